The van der Waals surface area contributed by atoms with Crippen molar-refractivity contribution in [3.05, 3.63) is 123 Å². The summed E-state index contributed by atoms with van der Waals surface area (Å²) in [6, 6.07) is 17.1. The number of halogens is 2. The van der Waals surface area contributed by atoms with E-state index in [1.807, 2.05) is 6.07 Å². The molecular weight excluding hydrogens is 951 g/mol. The lowest BCUT2D eigenvalue weighted by Crippen LogP contribution is -2.54. The van der Waals surface area contributed by atoms with Crippen molar-refractivity contribution in [2.75, 3.05) is 52.4 Å². The second-order valence-electron chi connectivity index (χ2n) is 18.0. The van der Waals surface area contributed by atoms with Gasteiger partial charge in [-0.2, -0.15) is 0 Å². The van der Waals surface area contributed by atoms with Crippen molar-refractivity contribution in [2.45, 2.75) is 63.1 Å². The smallest absolute Gasteiger partial charge is 0.262 e. The van der Waals surface area contributed by atoms with Crippen LogP contribution in [0.3, 0.4) is 0 Å². The van der Waals surface area contributed by atoms with Crippen molar-refractivity contribution in [3.63, 3.8) is 0 Å². The number of amides is 6. The number of aliphatic imine (C=N–C) groups is 1. The van der Waals surface area contributed by atoms with Crippen molar-refractivity contribution in [1.29, 1.82) is 0 Å². The number of benzene rings is 4. The minimum atomic E-state index is -1.05. The van der Waals surface area contributed by atoms with Crippen LogP contribution in [0.25, 0.3) is 11.3 Å². The van der Waals surface area contributed by atoms with Crippen LogP contribution >= 0.6 is 11.6 Å². The van der Waals surface area contributed by atoms with Gasteiger partial charge in [-0.25, -0.2) is 14.4 Å². The van der Waals surface area contributed by atoms with E-state index in [0.717, 1.165) is 10.5 Å². The van der Waals surface area contributed by atoms with Gasteiger partial charge in [0.15, 0.2) is 0 Å². The van der Waals surface area contributed by atoms with Crippen molar-refractivity contribution >= 4 is 64.4 Å². The van der Waals surface area contributed by atoms with Crippen molar-refractivity contribution in [1.82, 2.24) is 30.4 Å². The Morgan fingerprint density at radius 3 is 2.46 bits per heavy atom. The first-order chi connectivity index (χ1) is 34.8. The van der Waals surface area contributed by atoms with Gasteiger partial charge in [0.2, 0.25) is 23.7 Å². The number of hydrogen-bond donors (Lipinski definition) is 3. The Morgan fingerprint density at radius 1 is 0.889 bits per heavy atom. The highest BCUT2D eigenvalue weighted by Crippen LogP contribution is 2.43. The zero-order valence-corrected chi connectivity index (χ0v) is 40.0. The largest absolute Gasteiger partial charge is 0.496 e. The first kappa shape index (κ1) is 47.9. The minimum Gasteiger partial charge on any atom is -0.496 e. The highest BCUT2D eigenvalue weighted by molar-refractivity contribution is 6.32. The molecule has 1 spiro atoms. The molecule has 1 unspecified atom stereocenters. The van der Waals surface area contributed by atoms with Gasteiger partial charge >= 0.3 is 0 Å². The van der Waals surface area contributed by atoms with Gasteiger partial charge in [0.05, 0.1) is 74.1 Å². The van der Waals surface area contributed by atoms with Crippen LogP contribution in [-0.4, -0.2) is 120 Å². The summed E-state index contributed by atoms with van der Waals surface area (Å²) in [4.78, 5) is 94.3. The standard InChI is InChI=1S/C52H48ClFN8O10/c1-69-39-5-3-4-37(54)44(39)46-34-23-30(53)6-8-32(34)45-29(26-56-46)27-57-51(60-45)58-31-7-9-33(41(24-31)70-2)47(65)55-17-21-71-20-13-43(64)61-18-15-52(16-19-61)14-12-28-22-35-36(25-40(28)72-52)50(68)62(49(35)67)38-10-11-42(63)59-48(38)66/h3-9,22-25,27,38H,10-21,26H2,1-2H3,(H,55,65)(H,57,58,60)(H,59,63,66). The first-order valence-electron chi connectivity index (χ1n) is 23.5. The van der Waals surface area contributed by atoms with Crippen LogP contribution in [0.4, 0.5) is 16.0 Å². The number of fused-ring (bicyclic) bond motifs is 5. The van der Waals surface area contributed by atoms with Crippen molar-refractivity contribution in [2.24, 2.45) is 4.99 Å². The molecule has 5 aromatic rings. The number of aryl methyl sites for hydroxylation is 1. The van der Waals surface area contributed by atoms with Crippen LogP contribution in [0.2, 0.25) is 5.02 Å². The van der Waals surface area contributed by atoms with E-state index in [1.165, 1.54) is 20.3 Å². The molecule has 4 aromatic carbocycles. The summed E-state index contributed by atoms with van der Waals surface area (Å²) in [7, 11) is 2.93. The number of carbonyl (C=O) groups excluding carboxylic acids is 6. The predicted molar refractivity (Wildman–Crippen MR) is 259 cm³/mol. The zero-order chi connectivity index (χ0) is 50.3. The molecule has 0 radical (unpaired) electrons. The number of hydrogen-bond acceptors (Lipinski definition) is 14. The number of aromatic nitrogens is 2. The van der Waals surface area contributed by atoms with Gasteiger partial charge in [-0.15, -0.1) is 0 Å². The minimum absolute atomic E-state index is 0.0383. The molecule has 0 saturated carbocycles. The monoisotopic (exact) mass is 998 g/mol. The van der Waals surface area contributed by atoms with E-state index in [1.54, 1.807) is 65.7 Å². The lowest BCUT2D eigenvalue weighted by molar-refractivity contribution is -0.137. The van der Waals surface area contributed by atoms with E-state index < -0.39 is 41.1 Å². The summed E-state index contributed by atoms with van der Waals surface area (Å²) in [6.45, 7) is 1.64. The van der Waals surface area contributed by atoms with Crippen LogP contribution in [-0.2, 0) is 32.1 Å². The van der Waals surface area contributed by atoms with Crippen LogP contribution in [0.5, 0.6) is 17.2 Å². The first-order valence-corrected chi connectivity index (χ1v) is 23.9. The van der Waals surface area contributed by atoms with Gasteiger partial charge in [0, 0.05) is 78.6 Å². The average molecular weight is 999 g/mol. The van der Waals surface area contributed by atoms with E-state index in [4.69, 9.17) is 40.5 Å². The molecule has 5 aliphatic heterocycles. The number of carbonyl (C=O) groups is 6. The Hall–Kier alpha value is -7.77. The quantitative estimate of drug-likeness (QED) is 0.0916. The molecule has 72 heavy (non-hydrogen) atoms. The highest BCUT2D eigenvalue weighted by atomic mass is 35.5. The normalized spacial score (nSPS) is 17.7. The Morgan fingerprint density at radius 2 is 1.68 bits per heavy atom. The molecule has 5 aliphatic rings. The van der Waals surface area contributed by atoms with Gasteiger partial charge in [0.25, 0.3) is 17.7 Å². The third kappa shape index (κ3) is 9.20. The Balaban J connectivity index is 0.688. The van der Waals surface area contributed by atoms with Gasteiger partial charge in [-0.1, -0.05) is 23.7 Å². The molecular formula is C52H48ClFN8O10. The highest BCUT2D eigenvalue weighted by Gasteiger charge is 2.47. The number of ether oxygens (including phenoxy) is 4. The van der Waals surface area contributed by atoms with E-state index in [2.05, 4.69) is 20.9 Å². The van der Waals surface area contributed by atoms with Gasteiger partial charge in [0.1, 0.15) is 34.7 Å². The predicted octanol–water partition coefficient (Wildman–Crippen LogP) is 5.97. The van der Waals surface area contributed by atoms with Crippen LogP contribution in [0, 0.1) is 5.82 Å². The number of rotatable bonds is 13. The number of piperidine rings is 2. The number of imide groups is 2. The Bertz CT molecular complexity index is 3120. The zero-order valence-electron chi connectivity index (χ0n) is 39.3. The van der Waals surface area contributed by atoms with Gasteiger partial charge in [-0.3, -0.25) is 44.0 Å². The molecule has 0 bridgehead atoms. The number of anilines is 2. The summed E-state index contributed by atoms with van der Waals surface area (Å²) in [5.74, 6) is -1.77. The lowest BCUT2D eigenvalue weighted by Gasteiger charge is -2.44. The van der Waals surface area contributed by atoms with Crippen LogP contribution < -0.4 is 30.2 Å². The molecule has 20 heteroatoms. The van der Waals surface area contributed by atoms with E-state index in [9.17, 15) is 28.8 Å². The van der Waals surface area contributed by atoms with Gasteiger partial charge < -0.3 is 34.5 Å². The number of likely N-dealkylation sites (tertiary alicyclic amines) is 1. The molecule has 1 atom stereocenters. The molecule has 2 saturated heterocycles. The molecule has 10 rings (SSSR count). The number of methoxy groups -OCH3 is 2. The second-order valence-corrected chi connectivity index (χ2v) is 18.5. The third-order valence-electron chi connectivity index (χ3n) is 13.7. The van der Waals surface area contributed by atoms with E-state index >= 15 is 4.39 Å². The van der Waals surface area contributed by atoms with Crippen molar-refractivity contribution < 1.29 is 52.1 Å². The van der Waals surface area contributed by atoms with Crippen LogP contribution in [0.15, 0.2) is 77.9 Å². The lowest BCUT2D eigenvalue weighted by atomic mass is 9.82. The van der Waals surface area contributed by atoms with E-state index in [0.29, 0.717) is 94.8 Å². The van der Waals surface area contributed by atoms with Crippen molar-refractivity contribution in [3.8, 4) is 28.5 Å². The fraction of sp³-hybridized carbons (Fsp3) is 0.327. The summed E-state index contributed by atoms with van der Waals surface area (Å²) in [5, 5.41) is 8.69. The average Bonchev–Trinajstić information content (AvgIpc) is 3.50. The number of nitrogens with zero attached hydrogens (tertiary/aromatic N) is 5. The van der Waals surface area contributed by atoms with Gasteiger partial charge in [-0.05, 0) is 73.4 Å². The van der Waals surface area contributed by atoms with Crippen LogP contribution in [0.1, 0.15) is 91.9 Å². The maximum absolute atomic E-state index is 15.3. The molecule has 370 valence electrons. The molecule has 18 nitrogen and oxygen atoms in total. The molecule has 0 aliphatic carbocycles. The van der Waals surface area contributed by atoms with E-state index in [-0.39, 0.29) is 85.6 Å². The summed E-state index contributed by atoms with van der Waals surface area (Å²) in [5.41, 5.74) is 4.64. The Labute approximate surface area is 417 Å². The molecule has 3 N–H and O–H groups in total. The summed E-state index contributed by atoms with van der Waals surface area (Å²) >= 11 is 6.46. The maximum Gasteiger partial charge on any atom is 0.262 e. The fourth-order valence-electron chi connectivity index (χ4n) is 9.93. The number of nitrogens with one attached hydrogen (secondary N) is 3. The Kier molecular flexibility index (Phi) is 13.2. The fourth-order valence-corrected chi connectivity index (χ4v) is 10.1. The third-order valence-corrected chi connectivity index (χ3v) is 14.0. The summed E-state index contributed by atoms with van der Waals surface area (Å²) < 4.78 is 38.7. The molecule has 2 fully saturated rings. The topological polar surface area (TPSA) is 220 Å². The summed E-state index contributed by atoms with van der Waals surface area (Å²) in [6.07, 6.45) is 4.38. The second kappa shape index (κ2) is 19.8. The molecule has 6 heterocycles. The molecule has 1 aromatic heterocycles. The SMILES string of the molecule is COc1cc(Nc2ncc3c(n2)-c2ccc(Cl)cc2C(c2c(F)cccc2OC)=NC3)ccc1C(=O)NCCOCCC(=O)N1CCC2(CCc3cc4c(cc3O2)C(=O)N(C2CCC(=O)NC2=O)C4=O)CC1. The molecule has 6 amide bonds. The maximum atomic E-state index is 15.3.